The number of anilines is 2. The predicted molar refractivity (Wildman–Crippen MR) is 89.5 cm³/mol. The van der Waals surface area contributed by atoms with Crippen LogP contribution in [0.15, 0.2) is 42.5 Å². The number of amides is 1. The highest BCUT2D eigenvalue weighted by Gasteiger charge is 2.18. The number of alkyl halides is 2. The van der Waals surface area contributed by atoms with E-state index in [2.05, 4.69) is 10.1 Å². The van der Waals surface area contributed by atoms with E-state index in [1.165, 1.54) is 24.3 Å². The molecule has 2 aromatic rings. The molecule has 0 bridgehead atoms. The van der Waals surface area contributed by atoms with E-state index in [9.17, 15) is 28.5 Å². The maximum absolute atomic E-state index is 12.3. The Morgan fingerprint density at radius 2 is 1.93 bits per heavy atom. The number of nitrogen functional groups attached to an aromatic ring is 1. The number of nitrogens with zero attached hydrogens (tertiary/aromatic N) is 1. The molecule has 2 aromatic carbocycles. The monoisotopic (exact) mass is 381 g/mol. The molecule has 0 atom stereocenters. The van der Waals surface area contributed by atoms with Crippen molar-refractivity contribution in [2.45, 2.75) is 6.61 Å². The zero-order chi connectivity index (χ0) is 20.0. The van der Waals surface area contributed by atoms with E-state index in [1.54, 1.807) is 0 Å². The first kappa shape index (κ1) is 19.6. The van der Waals surface area contributed by atoms with Gasteiger partial charge < -0.3 is 20.5 Å². The number of hydrogen-bond acceptors (Lipinski definition) is 7. The number of carbonyl (C=O) groups is 2. The van der Waals surface area contributed by atoms with Gasteiger partial charge in [0.1, 0.15) is 5.75 Å². The standard InChI is InChI=1S/C16H13F2N3O6/c17-16(18)27-13-4-2-1-3-12(13)20-14(22)8-26-15(23)10-7-9(21(24)25)5-6-11(10)19/h1-7,16H,8,19H2,(H,20,22). The molecule has 142 valence electrons. The molecule has 0 aliphatic rings. The van der Waals surface area contributed by atoms with E-state index >= 15 is 0 Å². The minimum Gasteiger partial charge on any atom is -0.452 e. The van der Waals surface area contributed by atoms with Gasteiger partial charge >= 0.3 is 12.6 Å². The lowest BCUT2D eigenvalue weighted by Gasteiger charge is -2.12. The van der Waals surface area contributed by atoms with Gasteiger partial charge in [0.2, 0.25) is 0 Å². The predicted octanol–water partition coefficient (Wildman–Crippen LogP) is 2.57. The molecule has 0 fully saturated rings. The van der Waals surface area contributed by atoms with E-state index in [0.717, 1.165) is 18.2 Å². The number of halogens is 2. The summed E-state index contributed by atoms with van der Waals surface area (Å²) in [5.74, 6) is -2.16. The van der Waals surface area contributed by atoms with E-state index in [0.29, 0.717) is 0 Å². The highest BCUT2D eigenvalue weighted by atomic mass is 19.3. The Hall–Kier alpha value is -3.76. The van der Waals surface area contributed by atoms with Gasteiger partial charge in [-0.05, 0) is 18.2 Å². The van der Waals surface area contributed by atoms with E-state index in [-0.39, 0.29) is 28.4 Å². The van der Waals surface area contributed by atoms with E-state index < -0.39 is 30.0 Å². The number of para-hydroxylation sites is 2. The van der Waals surface area contributed by atoms with Crippen LogP contribution in [-0.4, -0.2) is 30.0 Å². The molecule has 0 aliphatic carbocycles. The molecule has 0 saturated heterocycles. The minimum atomic E-state index is -3.09. The summed E-state index contributed by atoms with van der Waals surface area (Å²) in [5.41, 5.74) is 4.80. The molecule has 0 radical (unpaired) electrons. The fourth-order valence-electron chi connectivity index (χ4n) is 2.00. The summed E-state index contributed by atoms with van der Waals surface area (Å²) >= 11 is 0. The van der Waals surface area contributed by atoms with Gasteiger partial charge in [0, 0.05) is 17.8 Å². The van der Waals surface area contributed by atoms with Gasteiger partial charge in [-0.1, -0.05) is 12.1 Å². The minimum absolute atomic E-state index is 0.0475. The van der Waals surface area contributed by atoms with Gasteiger partial charge in [0.25, 0.3) is 11.6 Å². The number of esters is 1. The Balaban J connectivity index is 2.01. The largest absolute Gasteiger partial charge is 0.452 e. The smallest absolute Gasteiger partial charge is 0.387 e. The fourth-order valence-corrected chi connectivity index (χ4v) is 2.00. The maximum Gasteiger partial charge on any atom is 0.387 e. The third-order valence-corrected chi connectivity index (χ3v) is 3.18. The second kappa shape index (κ2) is 8.56. The van der Waals surface area contributed by atoms with Gasteiger partial charge in [-0.25, -0.2) is 4.79 Å². The van der Waals surface area contributed by atoms with Crippen LogP contribution in [0.1, 0.15) is 10.4 Å². The highest BCUT2D eigenvalue weighted by molar-refractivity contribution is 5.99. The fraction of sp³-hybridized carbons (Fsp3) is 0.125. The zero-order valence-corrected chi connectivity index (χ0v) is 13.6. The quantitative estimate of drug-likeness (QED) is 0.326. The molecule has 0 aromatic heterocycles. The maximum atomic E-state index is 12.3. The second-order valence-corrected chi connectivity index (χ2v) is 5.03. The Morgan fingerprint density at radius 1 is 1.22 bits per heavy atom. The van der Waals surface area contributed by atoms with Crippen LogP contribution >= 0.6 is 0 Å². The van der Waals surface area contributed by atoms with E-state index in [1.807, 2.05) is 0 Å². The van der Waals surface area contributed by atoms with Crippen molar-refractivity contribution >= 4 is 28.9 Å². The lowest BCUT2D eigenvalue weighted by Crippen LogP contribution is -2.22. The Bertz CT molecular complexity index is 875. The Morgan fingerprint density at radius 3 is 2.59 bits per heavy atom. The molecule has 9 nitrogen and oxygen atoms in total. The zero-order valence-electron chi connectivity index (χ0n) is 13.6. The number of nitrogens with one attached hydrogen (secondary N) is 1. The number of nitro groups is 1. The second-order valence-electron chi connectivity index (χ2n) is 5.03. The van der Waals surface area contributed by atoms with Crippen LogP contribution in [0.3, 0.4) is 0 Å². The van der Waals surface area contributed by atoms with Crippen LogP contribution in [0.25, 0.3) is 0 Å². The molecule has 1 amide bonds. The van der Waals surface area contributed by atoms with Crippen LogP contribution in [0, 0.1) is 10.1 Å². The van der Waals surface area contributed by atoms with Crippen LogP contribution in [0.4, 0.5) is 25.8 Å². The molecule has 27 heavy (non-hydrogen) atoms. The molecule has 3 N–H and O–H groups in total. The van der Waals surface area contributed by atoms with Crippen molar-refractivity contribution in [3.63, 3.8) is 0 Å². The summed E-state index contributed by atoms with van der Waals surface area (Å²) in [6.07, 6.45) is 0. The van der Waals surface area contributed by atoms with Crippen LogP contribution in [0.5, 0.6) is 5.75 Å². The Kier molecular flexibility index (Phi) is 6.20. The van der Waals surface area contributed by atoms with Crippen LogP contribution in [-0.2, 0) is 9.53 Å². The highest BCUT2D eigenvalue weighted by Crippen LogP contribution is 2.25. The van der Waals surface area contributed by atoms with Crippen molar-refractivity contribution in [1.82, 2.24) is 0 Å². The van der Waals surface area contributed by atoms with Crippen molar-refractivity contribution in [3.8, 4) is 5.75 Å². The van der Waals surface area contributed by atoms with E-state index in [4.69, 9.17) is 10.5 Å². The molecule has 0 spiro atoms. The number of nitro benzene ring substituents is 1. The molecule has 0 unspecified atom stereocenters. The number of hydrogen-bond donors (Lipinski definition) is 2. The average Bonchev–Trinajstić information content (AvgIpc) is 2.61. The van der Waals surface area contributed by atoms with Crippen LogP contribution < -0.4 is 15.8 Å². The molecule has 2 rings (SSSR count). The first-order chi connectivity index (χ1) is 12.8. The summed E-state index contributed by atoms with van der Waals surface area (Å²) < 4.78 is 33.7. The van der Waals surface area contributed by atoms with Gasteiger partial charge in [-0.2, -0.15) is 8.78 Å². The topological polar surface area (TPSA) is 134 Å². The molecule has 11 heteroatoms. The first-order valence-corrected chi connectivity index (χ1v) is 7.32. The SMILES string of the molecule is Nc1ccc([N+](=O)[O-])cc1C(=O)OCC(=O)Nc1ccccc1OC(F)F. The molecule has 0 aliphatic heterocycles. The van der Waals surface area contributed by atoms with Gasteiger partial charge in [0.15, 0.2) is 6.61 Å². The summed E-state index contributed by atoms with van der Waals surface area (Å²) in [7, 11) is 0. The van der Waals surface area contributed by atoms with Crippen molar-refractivity contribution in [2.75, 3.05) is 17.7 Å². The average molecular weight is 381 g/mol. The lowest BCUT2D eigenvalue weighted by molar-refractivity contribution is -0.384. The van der Waals surface area contributed by atoms with Crippen molar-refractivity contribution in [1.29, 1.82) is 0 Å². The normalized spacial score (nSPS) is 10.3. The van der Waals surface area contributed by atoms with Crippen LogP contribution in [0.2, 0.25) is 0 Å². The first-order valence-electron chi connectivity index (χ1n) is 7.32. The molecular formula is C16H13F2N3O6. The number of benzene rings is 2. The summed E-state index contributed by atoms with van der Waals surface area (Å²) in [5, 5.41) is 13.0. The number of non-ortho nitro benzene ring substituents is 1. The number of ether oxygens (including phenoxy) is 2. The summed E-state index contributed by atoms with van der Waals surface area (Å²) in [6, 6.07) is 8.63. The third kappa shape index (κ3) is 5.36. The molecule has 0 saturated carbocycles. The van der Waals surface area contributed by atoms with Crippen molar-refractivity contribution in [3.05, 3.63) is 58.1 Å². The Labute approximate surface area is 150 Å². The lowest BCUT2D eigenvalue weighted by atomic mass is 10.1. The third-order valence-electron chi connectivity index (χ3n) is 3.18. The van der Waals surface area contributed by atoms with Gasteiger partial charge in [-0.15, -0.1) is 0 Å². The number of rotatable bonds is 7. The van der Waals surface area contributed by atoms with Gasteiger partial charge in [-0.3, -0.25) is 14.9 Å². The van der Waals surface area contributed by atoms with Crippen molar-refractivity contribution < 1.29 is 32.8 Å². The molecular weight excluding hydrogens is 368 g/mol. The summed E-state index contributed by atoms with van der Waals surface area (Å²) in [4.78, 5) is 33.9. The number of nitrogens with two attached hydrogens (primary N) is 1. The number of carbonyl (C=O) groups excluding carboxylic acids is 2. The summed E-state index contributed by atoms with van der Waals surface area (Å²) in [6.45, 7) is -3.86. The van der Waals surface area contributed by atoms with Gasteiger partial charge in [0.05, 0.1) is 16.2 Å². The molecule has 0 heterocycles. The van der Waals surface area contributed by atoms with Crippen molar-refractivity contribution in [2.24, 2.45) is 0 Å².